The van der Waals surface area contributed by atoms with Crippen molar-refractivity contribution < 1.29 is 9.53 Å². The normalized spacial score (nSPS) is 10.3. The lowest BCUT2D eigenvalue weighted by Crippen LogP contribution is -2.27. The molecule has 0 bridgehead atoms. The molecular weight excluding hydrogens is 304 g/mol. The van der Waals surface area contributed by atoms with Crippen LogP contribution in [-0.4, -0.2) is 36.1 Å². The lowest BCUT2D eigenvalue weighted by atomic mass is 10.2. The number of nitrogens with one attached hydrogen (secondary N) is 2. The van der Waals surface area contributed by atoms with Crippen LogP contribution in [0.3, 0.4) is 0 Å². The summed E-state index contributed by atoms with van der Waals surface area (Å²) in [5.74, 6) is 0.252. The van der Waals surface area contributed by atoms with E-state index < -0.39 is 0 Å². The van der Waals surface area contributed by atoms with Gasteiger partial charge < -0.3 is 15.4 Å². The van der Waals surface area contributed by atoms with Gasteiger partial charge in [-0.15, -0.1) is 0 Å². The van der Waals surface area contributed by atoms with Gasteiger partial charge in [-0.05, 0) is 24.6 Å². The fraction of sp³-hybridized carbons (Fsp3) is 0.267. The average molecular weight is 321 g/mol. The van der Waals surface area contributed by atoms with Crippen LogP contribution in [0.25, 0.3) is 0 Å². The molecule has 0 aliphatic rings. The predicted molar refractivity (Wildman–Crippen MR) is 85.7 cm³/mol. The fourth-order valence-corrected chi connectivity index (χ4v) is 1.96. The first-order valence-electron chi connectivity index (χ1n) is 6.73. The van der Waals surface area contributed by atoms with Crippen LogP contribution in [0.1, 0.15) is 16.1 Å². The first-order valence-corrected chi connectivity index (χ1v) is 7.11. The summed E-state index contributed by atoms with van der Waals surface area (Å²) in [6.07, 6.45) is 1.34. The van der Waals surface area contributed by atoms with Crippen LogP contribution < -0.4 is 10.6 Å². The maximum absolute atomic E-state index is 11.9. The van der Waals surface area contributed by atoms with Gasteiger partial charge in [0.2, 0.25) is 0 Å². The molecule has 2 rings (SSSR count). The molecule has 1 heterocycles. The Labute approximate surface area is 133 Å². The molecule has 7 heteroatoms. The van der Waals surface area contributed by atoms with Crippen molar-refractivity contribution in [2.24, 2.45) is 0 Å². The first-order chi connectivity index (χ1) is 10.6. The maximum Gasteiger partial charge on any atom is 0.270 e. The van der Waals surface area contributed by atoms with Crippen molar-refractivity contribution in [3.8, 4) is 0 Å². The highest BCUT2D eigenvalue weighted by Gasteiger charge is 2.09. The van der Waals surface area contributed by atoms with Crippen LogP contribution in [0.15, 0.2) is 30.6 Å². The van der Waals surface area contributed by atoms with E-state index in [2.05, 4.69) is 20.6 Å². The van der Waals surface area contributed by atoms with Gasteiger partial charge in [-0.3, -0.25) is 4.79 Å². The molecule has 0 spiro atoms. The molecule has 0 fully saturated rings. The largest absolute Gasteiger partial charge is 0.383 e. The minimum Gasteiger partial charge on any atom is -0.383 e. The highest BCUT2D eigenvalue weighted by Crippen LogP contribution is 2.25. The summed E-state index contributed by atoms with van der Waals surface area (Å²) >= 11 is 6.08. The summed E-state index contributed by atoms with van der Waals surface area (Å²) < 4.78 is 4.88. The minimum atomic E-state index is -0.273. The van der Waals surface area contributed by atoms with Crippen LogP contribution in [0.4, 0.5) is 11.5 Å². The Balaban J connectivity index is 2.11. The molecule has 0 unspecified atom stereocenters. The van der Waals surface area contributed by atoms with E-state index in [0.29, 0.717) is 24.0 Å². The third-order valence-electron chi connectivity index (χ3n) is 3.02. The second-order valence-electron chi connectivity index (χ2n) is 4.57. The standard InChI is InChI=1S/C15H17ClN4O2/c1-10-11(16)4-3-5-12(10)20-14-8-13(18-9-19-14)15(21)17-6-7-22-2/h3-5,8-9H,6-7H2,1-2H3,(H,17,21)(H,18,19,20). The van der Waals surface area contributed by atoms with Crippen molar-refractivity contribution in [2.75, 3.05) is 25.6 Å². The van der Waals surface area contributed by atoms with Gasteiger partial charge in [0.05, 0.1) is 6.61 Å². The molecule has 2 N–H and O–H groups in total. The first kappa shape index (κ1) is 16.2. The van der Waals surface area contributed by atoms with E-state index >= 15 is 0 Å². The number of carbonyl (C=O) groups is 1. The van der Waals surface area contributed by atoms with Gasteiger partial charge in [-0.2, -0.15) is 0 Å². The van der Waals surface area contributed by atoms with Crippen LogP contribution >= 0.6 is 11.6 Å². The zero-order valence-corrected chi connectivity index (χ0v) is 13.1. The van der Waals surface area contributed by atoms with Gasteiger partial charge in [-0.25, -0.2) is 9.97 Å². The number of methoxy groups -OCH3 is 1. The Kier molecular flexibility index (Phi) is 5.68. The topological polar surface area (TPSA) is 76.1 Å². The number of rotatable bonds is 6. The van der Waals surface area contributed by atoms with Gasteiger partial charge in [0.15, 0.2) is 0 Å². The number of nitrogens with zero attached hydrogens (tertiary/aromatic N) is 2. The van der Waals surface area contributed by atoms with Crippen molar-refractivity contribution >= 4 is 29.0 Å². The highest BCUT2D eigenvalue weighted by molar-refractivity contribution is 6.31. The van der Waals surface area contributed by atoms with Gasteiger partial charge in [0.1, 0.15) is 17.8 Å². The van der Waals surface area contributed by atoms with E-state index in [4.69, 9.17) is 16.3 Å². The molecular formula is C15H17ClN4O2. The van der Waals surface area contributed by atoms with E-state index in [0.717, 1.165) is 11.3 Å². The van der Waals surface area contributed by atoms with Crippen molar-refractivity contribution in [2.45, 2.75) is 6.92 Å². The Morgan fingerprint density at radius 3 is 2.95 bits per heavy atom. The average Bonchev–Trinajstić information content (AvgIpc) is 2.52. The van der Waals surface area contributed by atoms with Gasteiger partial charge in [0.25, 0.3) is 5.91 Å². The quantitative estimate of drug-likeness (QED) is 0.800. The molecule has 0 saturated carbocycles. The van der Waals surface area contributed by atoms with Crippen LogP contribution in [0, 0.1) is 6.92 Å². The number of hydrogen-bond acceptors (Lipinski definition) is 5. The van der Waals surface area contributed by atoms with E-state index in [9.17, 15) is 4.79 Å². The molecule has 0 saturated heterocycles. The van der Waals surface area contributed by atoms with Gasteiger partial charge in [-0.1, -0.05) is 17.7 Å². The Hall–Kier alpha value is -2.18. The second-order valence-corrected chi connectivity index (χ2v) is 4.98. The SMILES string of the molecule is COCCNC(=O)c1cc(Nc2cccc(Cl)c2C)ncn1. The number of benzene rings is 1. The minimum absolute atomic E-state index is 0.273. The molecule has 1 amide bonds. The molecule has 2 aromatic rings. The van der Waals surface area contributed by atoms with Crippen molar-refractivity contribution in [3.63, 3.8) is 0 Å². The zero-order chi connectivity index (χ0) is 15.9. The van der Waals surface area contributed by atoms with Gasteiger partial charge >= 0.3 is 0 Å². The fourth-order valence-electron chi connectivity index (χ4n) is 1.79. The molecule has 0 aliphatic heterocycles. The monoisotopic (exact) mass is 320 g/mol. The van der Waals surface area contributed by atoms with E-state index in [1.54, 1.807) is 13.2 Å². The summed E-state index contributed by atoms with van der Waals surface area (Å²) in [7, 11) is 1.58. The highest BCUT2D eigenvalue weighted by atomic mass is 35.5. The van der Waals surface area contributed by atoms with Crippen molar-refractivity contribution in [1.82, 2.24) is 15.3 Å². The lowest BCUT2D eigenvalue weighted by Gasteiger charge is -2.10. The summed E-state index contributed by atoms with van der Waals surface area (Å²) in [4.78, 5) is 20.0. The lowest BCUT2D eigenvalue weighted by molar-refractivity contribution is 0.0932. The van der Waals surface area contributed by atoms with E-state index in [1.165, 1.54) is 6.33 Å². The number of anilines is 2. The van der Waals surface area contributed by atoms with Crippen LogP contribution in [0.2, 0.25) is 5.02 Å². The van der Waals surface area contributed by atoms with E-state index in [1.807, 2.05) is 25.1 Å². The number of aromatic nitrogens is 2. The molecule has 22 heavy (non-hydrogen) atoms. The van der Waals surface area contributed by atoms with Gasteiger partial charge in [0, 0.05) is 30.4 Å². The molecule has 1 aromatic carbocycles. The summed E-state index contributed by atoms with van der Waals surface area (Å²) in [5.41, 5.74) is 2.03. The molecule has 116 valence electrons. The number of amides is 1. The van der Waals surface area contributed by atoms with E-state index in [-0.39, 0.29) is 11.6 Å². The number of halogens is 1. The van der Waals surface area contributed by atoms with Crippen LogP contribution in [0.5, 0.6) is 0 Å². The van der Waals surface area contributed by atoms with Crippen molar-refractivity contribution in [1.29, 1.82) is 0 Å². The molecule has 0 aliphatic carbocycles. The smallest absolute Gasteiger partial charge is 0.270 e. The summed E-state index contributed by atoms with van der Waals surface area (Å²) in [6.45, 7) is 2.78. The molecule has 6 nitrogen and oxygen atoms in total. The number of ether oxygens (including phenoxy) is 1. The Morgan fingerprint density at radius 2 is 2.18 bits per heavy atom. The summed E-state index contributed by atoms with van der Waals surface area (Å²) in [5, 5.41) is 6.51. The molecule has 1 aromatic heterocycles. The number of hydrogen-bond donors (Lipinski definition) is 2. The third-order valence-corrected chi connectivity index (χ3v) is 3.43. The molecule has 0 radical (unpaired) electrons. The van der Waals surface area contributed by atoms with Crippen LogP contribution in [-0.2, 0) is 4.74 Å². The molecule has 0 atom stereocenters. The Morgan fingerprint density at radius 1 is 1.36 bits per heavy atom. The number of carbonyl (C=O) groups excluding carboxylic acids is 1. The Bertz CT molecular complexity index is 664. The maximum atomic E-state index is 11.9. The second kappa shape index (κ2) is 7.72. The van der Waals surface area contributed by atoms with Crippen molar-refractivity contribution in [3.05, 3.63) is 46.9 Å². The zero-order valence-electron chi connectivity index (χ0n) is 12.4. The summed E-state index contributed by atoms with van der Waals surface area (Å²) in [6, 6.07) is 7.14. The third kappa shape index (κ3) is 4.16. The predicted octanol–water partition coefficient (Wildman–Crippen LogP) is 2.56.